The molecule has 34 heavy (non-hydrogen) atoms. The van der Waals surface area contributed by atoms with Crippen molar-refractivity contribution in [2.75, 3.05) is 13.1 Å². The van der Waals surface area contributed by atoms with Crippen molar-refractivity contribution < 1.29 is 15.0 Å². The zero-order valence-electron chi connectivity index (χ0n) is 18.7. The number of aromatic nitrogens is 2. The van der Waals surface area contributed by atoms with Gasteiger partial charge < -0.3 is 15.1 Å². The Morgan fingerprint density at radius 3 is 2.26 bits per heavy atom. The Morgan fingerprint density at radius 2 is 1.56 bits per heavy atom. The van der Waals surface area contributed by atoms with Crippen LogP contribution in [0.1, 0.15) is 34.3 Å². The molecule has 170 valence electrons. The second-order valence-corrected chi connectivity index (χ2v) is 9.12. The third-order valence-electron chi connectivity index (χ3n) is 6.97. The van der Waals surface area contributed by atoms with Gasteiger partial charge in [0, 0.05) is 41.8 Å². The third kappa shape index (κ3) is 3.56. The first kappa shape index (κ1) is 20.7. The fourth-order valence-electron chi connectivity index (χ4n) is 5.03. The number of aliphatic hydroxyl groups is 1. The number of nitrogens with one attached hydrogen (secondary N) is 1. The monoisotopic (exact) mass is 451 g/mol. The largest absolute Gasteiger partial charge is 0.508 e. The summed E-state index contributed by atoms with van der Waals surface area (Å²) in [7, 11) is 0. The van der Waals surface area contributed by atoms with E-state index in [0.717, 1.165) is 51.2 Å². The van der Waals surface area contributed by atoms with Crippen LogP contribution in [0.25, 0.3) is 33.6 Å². The summed E-state index contributed by atoms with van der Waals surface area (Å²) in [6, 6.07) is 21.4. The fourth-order valence-corrected chi connectivity index (χ4v) is 5.03. The molecular weight excluding hydrogens is 426 g/mol. The summed E-state index contributed by atoms with van der Waals surface area (Å²) in [6.07, 6.45) is 1.72. The molecule has 6 heteroatoms. The van der Waals surface area contributed by atoms with Crippen LogP contribution in [0.2, 0.25) is 0 Å². The molecule has 0 saturated carbocycles. The smallest absolute Gasteiger partial charge is 0.253 e. The number of nitrogens with zero attached hydrogens (tertiary/aromatic N) is 2. The molecule has 0 bridgehead atoms. The van der Waals surface area contributed by atoms with Gasteiger partial charge in [0.05, 0.1) is 17.5 Å². The minimum absolute atomic E-state index is 0.0356. The Balaban J connectivity index is 1.24. The van der Waals surface area contributed by atoms with Crippen LogP contribution in [-0.4, -0.2) is 50.4 Å². The van der Waals surface area contributed by atoms with Crippen LogP contribution >= 0.6 is 0 Å². The summed E-state index contributed by atoms with van der Waals surface area (Å²) in [5.74, 6) is 0.292. The molecule has 1 aromatic heterocycles. The lowest BCUT2D eigenvalue weighted by molar-refractivity contribution is 0.0546. The van der Waals surface area contributed by atoms with Gasteiger partial charge in [0.1, 0.15) is 5.75 Å². The first-order chi connectivity index (χ1) is 16.6. The molecule has 0 spiro atoms. The second kappa shape index (κ2) is 8.15. The number of piperidine rings is 1. The molecule has 3 aromatic carbocycles. The van der Waals surface area contributed by atoms with Crippen LogP contribution in [0.5, 0.6) is 5.75 Å². The highest BCUT2D eigenvalue weighted by Gasteiger charge is 2.28. The molecule has 4 aromatic rings. The van der Waals surface area contributed by atoms with Gasteiger partial charge in [0.15, 0.2) is 0 Å². The van der Waals surface area contributed by atoms with Gasteiger partial charge in [0.25, 0.3) is 5.91 Å². The van der Waals surface area contributed by atoms with Crippen LogP contribution in [0.3, 0.4) is 0 Å². The predicted molar refractivity (Wildman–Crippen MR) is 131 cm³/mol. The molecule has 3 N–H and O–H groups in total. The number of phenolic OH excluding ortho intramolecular Hbond substituents is 1. The van der Waals surface area contributed by atoms with Crippen LogP contribution < -0.4 is 0 Å². The van der Waals surface area contributed by atoms with E-state index in [2.05, 4.69) is 34.5 Å². The van der Waals surface area contributed by atoms with Crippen molar-refractivity contribution in [1.29, 1.82) is 0 Å². The molecule has 1 amide bonds. The van der Waals surface area contributed by atoms with Crippen molar-refractivity contribution in [2.24, 2.45) is 0 Å². The number of benzene rings is 3. The zero-order chi connectivity index (χ0) is 23.2. The van der Waals surface area contributed by atoms with Crippen LogP contribution in [-0.2, 0) is 6.42 Å². The maximum Gasteiger partial charge on any atom is 0.253 e. The molecule has 1 saturated heterocycles. The summed E-state index contributed by atoms with van der Waals surface area (Å²) in [5.41, 5.74) is 9.20. The van der Waals surface area contributed by atoms with Crippen molar-refractivity contribution in [1.82, 2.24) is 15.1 Å². The van der Waals surface area contributed by atoms with Gasteiger partial charge in [-0.25, -0.2) is 0 Å². The summed E-state index contributed by atoms with van der Waals surface area (Å²) < 4.78 is 0. The second-order valence-electron chi connectivity index (χ2n) is 9.12. The first-order valence-electron chi connectivity index (χ1n) is 11.6. The highest BCUT2D eigenvalue weighted by Crippen LogP contribution is 2.41. The Labute approximate surface area is 197 Å². The van der Waals surface area contributed by atoms with E-state index in [1.807, 2.05) is 35.2 Å². The maximum atomic E-state index is 13.0. The SMILES string of the molecule is O=C(c1ccc2c(c1)Cc1c(-c3ccc(-c4ccc(O)cc4)cc3)n[nH]c1-2)N1CCC(O)CC1. The first-order valence-corrected chi connectivity index (χ1v) is 11.6. The number of carbonyl (C=O) groups excluding carboxylic acids is 1. The lowest BCUT2D eigenvalue weighted by Crippen LogP contribution is -2.40. The number of fused-ring (bicyclic) bond motifs is 3. The molecule has 0 atom stereocenters. The highest BCUT2D eigenvalue weighted by molar-refractivity contribution is 5.96. The number of phenols is 1. The number of likely N-dealkylation sites (tertiary alicyclic amines) is 1. The lowest BCUT2D eigenvalue weighted by Gasteiger charge is -2.29. The van der Waals surface area contributed by atoms with E-state index in [9.17, 15) is 15.0 Å². The Hall–Kier alpha value is -3.90. The molecule has 2 heterocycles. The molecule has 6 rings (SSSR count). The lowest BCUT2D eigenvalue weighted by atomic mass is 10.0. The quantitative estimate of drug-likeness (QED) is 0.374. The number of aromatic amines is 1. The van der Waals surface area contributed by atoms with Crippen LogP contribution in [0.4, 0.5) is 0 Å². The minimum Gasteiger partial charge on any atom is -0.508 e. The Kier molecular flexibility index (Phi) is 4.96. The van der Waals surface area contributed by atoms with Crippen molar-refractivity contribution >= 4 is 5.91 Å². The Bertz CT molecular complexity index is 1370. The van der Waals surface area contributed by atoms with Crippen LogP contribution in [0, 0.1) is 0 Å². The van der Waals surface area contributed by atoms with E-state index < -0.39 is 0 Å². The van der Waals surface area contributed by atoms with Gasteiger partial charge in [0.2, 0.25) is 0 Å². The molecule has 6 nitrogen and oxygen atoms in total. The molecular formula is C28H25N3O3. The standard InChI is InChI=1S/C28H25N3O3/c32-22-8-5-18(6-9-22)17-1-3-19(4-2-17)26-25-16-21-15-20(7-10-24(21)27(25)30-29-26)28(34)31-13-11-23(33)12-14-31/h1-10,15,23,32-33H,11-14,16H2,(H,29,30). The Morgan fingerprint density at radius 1 is 0.912 bits per heavy atom. The van der Waals surface area contributed by atoms with E-state index in [4.69, 9.17) is 0 Å². The van der Waals surface area contributed by atoms with Gasteiger partial charge >= 0.3 is 0 Å². The average molecular weight is 452 g/mol. The van der Waals surface area contributed by atoms with Crippen molar-refractivity contribution in [3.05, 3.63) is 83.4 Å². The van der Waals surface area contributed by atoms with Crippen molar-refractivity contribution in [2.45, 2.75) is 25.4 Å². The maximum absolute atomic E-state index is 13.0. The summed E-state index contributed by atoms with van der Waals surface area (Å²) in [5, 5.41) is 27.1. The molecule has 1 aliphatic heterocycles. The number of carbonyl (C=O) groups is 1. The van der Waals surface area contributed by atoms with Gasteiger partial charge in [-0.2, -0.15) is 5.10 Å². The predicted octanol–water partition coefficient (Wildman–Crippen LogP) is 4.62. The van der Waals surface area contributed by atoms with E-state index in [0.29, 0.717) is 31.5 Å². The van der Waals surface area contributed by atoms with E-state index in [-0.39, 0.29) is 17.8 Å². The van der Waals surface area contributed by atoms with Gasteiger partial charge in [-0.1, -0.05) is 42.5 Å². The van der Waals surface area contributed by atoms with Crippen molar-refractivity contribution in [3.8, 4) is 39.4 Å². The minimum atomic E-state index is -0.296. The van der Waals surface area contributed by atoms with Gasteiger partial charge in [-0.05, 0) is 53.8 Å². The molecule has 0 radical (unpaired) electrons. The summed E-state index contributed by atoms with van der Waals surface area (Å²) >= 11 is 0. The zero-order valence-corrected chi connectivity index (χ0v) is 18.7. The van der Waals surface area contributed by atoms with Crippen LogP contribution in [0.15, 0.2) is 66.7 Å². The van der Waals surface area contributed by atoms with Gasteiger partial charge in [-0.15, -0.1) is 0 Å². The number of hydrogen-bond acceptors (Lipinski definition) is 4. The fraction of sp³-hybridized carbons (Fsp3) is 0.214. The van der Waals surface area contributed by atoms with Crippen molar-refractivity contribution in [3.63, 3.8) is 0 Å². The summed E-state index contributed by atoms with van der Waals surface area (Å²) in [4.78, 5) is 14.8. The topological polar surface area (TPSA) is 89.4 Å². The molecule has 2 aliphatic rings. The van der Waals surface area contributed by atoms with E-state index >= 15 is 0 Å². The molecule has 1 aliphatic carbocycles. The summed E-state index contributed by atoms with van der Waals surface area (Å²) in [6.45, 7) is 1.20. The average Bonchev–Trinajstić information content (AvgIpc) is 3.43. The number of rotatable bonds is 3. The van der Waals surface area contributed by atoms with E-state index in [1.165, 1.54) is 0 Å². The highest BCUT2D eigenvalue weighted by atomic mass is 16.3. The number of hydrogen-bond donors (Lipinski definition) is 3. The normalized spacial score (nSPS) is 15.3. The van der Waals surface area contributed by atoms with E-state index in [1.54, 1.807) is 12.1 Å². The number of amides is 1. The molecule has 0 unspecified atom stereocenters. The third-order valence-corrected chi connectivity index (χ3v) is 6.97. The molecule has 1 fully saturated rings. The number of aliphatic hydroxyl groups excluding tert-OH is 1. The van der Waals surface area contributed by atoms with Gasteiger partial charge in [-0.3, -0.25) is 9.89 Å². The number of aromatic hydroxyl groups is 1. The number of H-pyrrole nitrogens is 1.